The Hall–Kier alpha value is -0.0600. The van der Waals surface area contributed by atoms with Crippen molar-refractivity contribution < 1.29 is 0 Å². The third kappa shape index (κ3) is 2.99. The van der Waals surface area contributed by atoms with Gasteiger partial charge in [-0.25, -0.2) is 0 Å². The van der Waals surface area contributed by atoms with Crippen LogP contribution in [0.25, 0.3) is 0 Å². The summed E-state index contributed by atoms with van der Waals surface area (Å²) in [6.45, 7) is 0. The van der Waals surface area contributed by atoms with Crippen molar-refractivity contribution in [3.05, 3.63) is 55.6 Å². The number of hydrogen-bond donors (Lipinski definition) is 1. The maximum Gasteiger partial charge on any atom is 0.0571 e. The summed E-state index contributed by atoms with van der Waals surface area (Å²) in [7, 11) is 0. The van der Waals surface area contributed by atoms with E-state index in [1.54, 1.807) is 11.3 Å². The maximum absolute atomic E-state index is 6.15. The Kier molecular flexibility index (Phi) is 5.28. The Morgan fingerprint density at radius 3 is 2.62 bits per heavy atom. The lowest BCUT2D eigenvalue weighted by Gasteiger charge is -2.12. The number of nitrogens with two attached hydrogens (primary N) is 1. The van der Waals surface area contributed by atoms with Crippen molar-refractivity contribution in [3.8, 4) is 0 Å². The van der Waals surface area contributed by atoms with Crippen molar-refractivity contribution >= 4 is 51.3 Å². The maximum atomic E-state index is 6.15. The Balaban J connectivity index is 0.00000128. The molecule has 0 amide bonds. The smallest absolute Gasteiger partial charge is 0.0571 e. The molecule has 0 spiro atoms. The molecule has 2 aromatic rings. The van der Waals surface area contributed by atoms with E-state index in [-0.39, 0.29) is 18.4 Å². The first-order chi connectivity index (χ1) is 7.18. The standard InChI is InChI=1S/C11H9BrClNS.ClH/c12-10-5-8(13)1-2-9(10)11(14)7-3-4-15-6-7;/h1-6,11H,14H2;1H/t11-;/m1./s1. The summed E-state index contributed by atoms with van der Waals surface area (Å²) in [4.78, 5) is 0. The van der Waals surface area contributed by atoms with Crippen LogP contribution in [-0.2, 0) is 0 Å². The minimum atomic E-state index is -0.0945. The molecule has 1 atom stereocenters. The lowest BCUT2D eigenvalue weighted by atomic mass is 10.0. The summed E-state index contributed by atoms with van der Waals surface area (Å²) in [6, 6.07) is 7.62. The highest BCUT2D eigenvalue weighted by atomic mass is 79.9. The second kappa shape index (κ2) is 6.03. The van der Waals surface area contributed by atoms with Gasteiger partial charge in [-0.15, -0.1) is 12.4 Å². The number of benzene rings is 1. The first kappa shape index (κ1) is 14.0. The normalized spacial score (nSPS) is 11.9. The molecule has 0 unspecified atom stereocenters. The van der Waals surface area contributed by atoms with Gasteiger partial charge in [0.2, 0.25) is 0 Å². The average Bonchev–Trinajstić information content (AvgIpc) is 2.69. The Labute approximate surface area is 118 Å². The highest BCUT2D eigenvalue weighted by Gasteiger charge is 2.12. The predicted molar refractivity (Wildman–Crippen MR) is 76.7 cm³/mol. The molecule has 16 heavy (non-hydrogen) atoms. The number of hydrogen-bond acceptors (Lipinski definition) is 2. The van der Waals surface area contributed by atoms with Gasteiger partial charge in [0.1, 0.15) is 0 Å². The highest BCUT2D eigenvalue weighted by molar-refractivity contribution is 9.10. The van der Waals surface area contributed by atoms with Crippen molar-refractivity contribution in [2.75, 3.05) is 0 Å². The van der Waals surface area contributed by atoms with E-state index in [1.165, 1.54) is 0 Å². The monoisotopic (exact) mass is 337 g/mol. The van der Waals surface area contributed by atoms with E-state index in [0.717, 1.165) is 15.6 Å². The van der Waals surface area contributed by atoms with E-state index in [4.69, 9.17) is 17.3 Å². The summed E-state index contributed by atoms with van der Waals surface area (Å²) in [5, 5.41) is 4.80. The molecule has 0 aliphatic heterocycles. The van der Waals surface area contributed by atoms with Crippen molar-refractivity contribution in [1.82, 2.24) is 0 Å². The van der Waals surface area contributed by atoms with Crippen molar-refractivity contribution in [1.29, 1.82) is 0 Å². The van der Waals surface area contributed by atoms with Crippen LogP contribution in [0.1, 0.15) is 17.2 Å². The molecule has 2 N–H and O–H groups in total. The third-order valence-corrected chi connectivity index (χ3v) is 3.82. The SMILES string of the molecule is Cl.N[C@H](c1ccsc1)c1ccc(Cl)cc1Br. The first-order valence-electron chi connectivity index (χ1n) is 4.41. The lowest BCUT2D eigenvalue weighted by Crippen LogP contribution is -2.11. The second-order valence-electron chi connectivity index (χ2n) is 3.20. The molecular formula is C11H10BrCl2NS. The molecule has 86 valence electrons. The first-order valence-corrected chi connectivity index (χ1v) is 6.52. The van der Waals surface area contributed by atoms with E-state index in [9.17, 15) is 0 Å². The minimum Gasteiger partial charge on any atom is -0.320 e. The van der Waals surface area contributed by atoms with Gasteiger partial charge in [0.25, 0.3) is 0 Å². The van der Waals surface area contributed by atoms with Crippen molar-refractivity contribution in [3.63, 3.8) is 0 Å². The Morgan fingerprint density at radius 1 is 1.31 bits per heavy atom. The van der Waals surface area contributed by atoms with Gasteiger partial charge in [-0.05, 0) is 40.1 Å². The van der Waals surface area contributed by atoms with Crippen LogP contribution in [0.4, 0.5) is 0 Å². The number of halogens is 3. The fraction of sp³-hybridized carbons (Fsp3) is 0.0909. The zero-order valence-electron chi connectivity index (χ0n) is 8.19. The molecule has 0 saturated carbocycles. The molecule has 1 nitrogen and oxygen atoms in total. The molecule has 2 rings (SSSR count). The largest absolute Gasteiger partial charge is 0.320 e. The fourth-order valence-electron chi connectivity index (χ4n) is 1.39. The second-order valence-corrected chi connectivity index (χ2v) is 5.27. The van der Waals surface area contributed by atoms with Crippen molar-refractivity contribution in [2.45, 2.75) is 6.04 Å². The van der Waals surface area contributed by atoms with Crippen LogP contribution in [0, 0.1) is 0 Å². The van der Waals surface area contributed by atoms with Crippen LogP contribution in [-0.4, -0.2) is 0 Å². The predicted octanol–water partition coefficient (Wildman–Crippen LogP) is 4.63. The van der Waals surface area contributed by atoms with E-state index >= 15 is 0 Å². The summed E-state index contributed by atoms with van der Waals surface area (Å²) in [6.07, 6.45) is 0. The van der Waals surface area contributed by atoms with Crippen LogP contribution >= 0.6 is 51.3 Å². The molecule has 0 fully saturated rings. The summed E-state index contributed by atoms with van der Waals surface area (Å²) >= 11 is 11.0. The molecule has 0 aliphatic carbocycles. The van der Waals surface area contributed by atoms with Gasteiger partial charge in [0, 0.05) is 9.50 Å². The van der Waals surface area contributed by atoms with Gasteiger partial charge in [0.05, 0.1) is 6.04 Å². The summed E-state index contributed by atoms with van der Waals surface area (Å²) in [5.41, 5.74) is 8.33. The van der Waals surface area contributed by atoms with E-state index in [0.29, 0.717) is 5.02 Å². The number of rotatable bonds is 2. The fourth-order valence-corrected chi connectivity index (χ4v) is 3.01. The van der Waals surface area contributed by atoms with Crippen LogP contribution in [0.3, 0.4) is 0 Å². The molecule has 1 aromatic heterocycles. The summed E-state index contributed by atoms with van der Waals surface area (Å²) < 4.78 is 0.953. The van der Waals surface area contributed by atoms with Gasteiger partial charge >= 0.3 is 0 Å². The van der Waals surface area contributed by atoms with Crippen LogP contribution in [0.5, 0.6) is 0 Å². The molecule has 0 radical (unpaired) electrons. The Bertz CT molecular complexity index is 459. The molecule has 0 aliphatic rings. The van der Waals surface area contributed by atoms with E-state index in [1.807, 2.05) is 29.6 Å². The zero-order valence-corrected chi connectivity index (χ0v) is 12.2. The van der Waals surface area contributed by atoms with Gasteiger partial charge in [0.15, 0.2) is 0 Å². The summed E-state index contributed by atoms with van der Waals surface area (Å²) in [5.74, 6) is 0. The van der Waals surface area contributed by atoms with Crippen LogP contribution in [0.2, 0.25) is 5.02 Å². The molecule has 0 bridgehead atoms. The average molecular weight is 339 g/mol. The van der Waals surface area contributed by atoms with E-state index in [2.05, 4.69) is 21.3 Å². The number of thiophene rings is 1. The topological polar surface area (TPSA) is 26.0 Å². The van der Waals surface area contributed by atoms with Gasteiger partial charge in [-0.1, -0.05) is 33.6 Å². The molecular weight excluding hydrogens is 329 g/mol. The van der Waals surface area contributed by atoms with Crippen molar-refractivity contribution in [2.24, 2.45) is 5.73 Å². The van der Waals surface area contributed by atoms with Gasteiger partial charge in [-0.3, -0.25) is 0 Å². The molecule has 5 heteroatoms. The third-order valence-electron chi connectivity index (χ3n) is 2.20. The molecule has 1 aromatic carbocycles. The highest BCUT2D eigenvalue weighted by Crippen LogP contribution is 2.29. The zero-order chi connectivity index (χ0) is 10.8. The molecule has 0 saturated heterocycles. The van der Waals surface area contributed by atoms with Crippen LogP contribution < -0.4 is 5.73 Å². The quantitative estimate of drug-likeness (QED) is 0.848. The van der Waals surface area contributed by atoms with Crippen LogP contribution in [0.15, 0.2) is 39.5 Å². The van der Waals surface area contributed by atoms with Gasteiger partial charge in [-0.2, -0.15) is 11.3 Å². The molecule has 1 heterocycles. The van der Waals surface area contributed by atoms with E-state index < -0.39 is 0 Å². The Morgan fingerprint density at radius 2 is 2.06 bits per heavy atom. The van der Waals surface area contributed by atoms with Gasteiger partial charge < -0.3 is 5.73 Å². The lowest BCUT2D eigenvalue weighted by molar-refractivity contribution is 0.871. The minimum absolute atomic E-state index is 0.